The zero-order chi connectivity index (χ0) is 17.1. The van der Waals surface area contributed by atoms with Gasteiger partial charge in [-0.25, -0.2) is 0 Å². The van der Waals surface area contributed by atoms with Gasteiger partial charge in [-0.05, 0) is 32.6 Å². The maximum atomic E-state index is 12.8. The van der Waals surface area contributed by atoms with E-state index in [9.17, 15) is 9.59 Å². The minimum Gasteiger partial charge on any atom is -0.368 e. The van der Waals surface area contributed by atoms with Gasteiger partial charge < -0.3 is 14.5 Å². The van der Waals surface area contributed by atoms with E-state index in [1.807, 2.05) is 9.80 Å². The summed E-state index contributed by atoms with van der Waals surface area (Å²) in [4.78, 5) is 28.9. The van der Waals surface area contributed by atoms with Gasteiger partial charge in [0.05, 0.1) is 18.2 Å². The second-order valence-corrected chi connectivity index (χ2v) is 7.81. The molecule has 24 heavy (non-hydrogen) atoms. The van der Waals surface area contributed by atoms with E-state index >= 15 is 0 Å². The fraction of sp³-hybridized carbons (Fsp3) is 0.895. The summed E-state index contributed by atoms with van der Waals surface area (Å²) in [5.74, 6) is 0.262. The van der Waals surface area contributed by atoms with Crippen molar-refractivity contribution in [2.45, 2.75) is 95.9 Å². The van der Waals surface area contributed by atoms with Gasteiger partial charge in [0.25, 0.3) is 0 Å². The number of hydrogen-bond acceptors (Lipinski definition) is 3. The zero-order valence-corrected chi connectivity index (χ0v) is 15.2. The summed E-state index contributed by atoms with van der Waals surface area (Å²) in [7, 11) is 0. The number of rotatable bonds is 3. The lowest BCUT2D eigenvalue weighted by Crippen LogP contribution is -2.66. The van der Waals surface area contributed by atoms with Crippen LogP contribution in [0.2, 0.25) is 0 Å². The molecule has 0 radical (unpaired) electrons. The molecule has 0 aromatic heterocycles. The van der Waals surface area contributed by atoms with E-state index in [4.69, 9.17) is 4.74 Å². The number of ether oxygens (including phenoxy) is 1. The summed E-state index contributed by atoms with van der Waals surface area (Å²) in [6.45, 7) is 4.58. The number of hydrogen-bond donors (Lipinski definition) is 0. The fourth-order valence-corrected chi connectivity index (χ4v) is 4.95. The number of carbonyl (C=O) groups is 2. The number of fused-ring (bicyclic) bond motifs is 1. The van der Waals surface area contributed by atoms with Crippen LogP contribution in [0.4, 0.5) is 0 Å². The molecule has 2 saturated carbocycles. The van der Waals surface area contributed by atoms with Crippen molar-refractivity contribution in [1.29, 1.82) is 0 Å². The molecule has 5 heteroatoms. The van der Waals surface area contributed by atoms with Gasteiger partial charge in [-0.3, -0.25) is 9.59 Å². The van der Waals surface area contributed by atoms with Crippen molar-refractivity contribution in [2.75, 3.05) is 13.2 Å². The van der Waals surface area contributed by atoms with Crippen LogP contribution < -0.4 is 0 Å². The Bertz CT molecular complexity index is 462. The molecule has 0 aromatic carbocycles. The maximum absolute atomic E-state index is 12.8. The minimum atomic E-state index is 0.0977. The van der Waals surface area contributed by atoms with Crippen LogP contribution in [0.3, 0.4) is 0 Å². The number of piperazine rings is 1. The normalized spacial score (nSPS) is 31.7. The highest BCUT2D eigenvalue weighted by molar-refractivity contribution is 5.79. The van der Waals surface area contributed by atoms with Crippen molar-refractivity contribution in [1.82, 2.24) is 9.80 Å². The zero-order valence-electron chi connectivity index (χ0n) is 15.2. The Balaban J connectivity index is 1.63. The van der Waals surface area contributed by atoms with Gasteiger partial charge in [-0.15, -0.1) is 0 Å². The Morgan fingerprint density at radius 1 is 0.958 bits per heavy atom. The first-order valence-electron chi connectivity index (χ1n) is 9.78. The highest BCUT2D eigenvalue weighted by Crippen LogP contribution is 2.33. The molecule has 0 aromatic rings. The monoisotopic (exact) mass is 336 g/mol. The van der Waals surface area contributed by atoms with Crippen LogP contribution >= 0.6 is 0 Å². The molecule has 0 N–H and O–H groups in total. The minimum absolute atomic E-state index is 0.0977. The number of carbonyl (C=O) groups excluding carboxylic acids is 2. The molecule has 0 spiro atoms. The van der Waals surface area contributed by atoms with E-state index < -0.39 is 0 Å². The summed E-state index contributed by atoms with van der Waals surface area (Å²) in [6.07, 6.45) is 10.5. The predicted octanol–water partition coefficient (Wildman–Crippen LogP) is 2.73. The van der Waals surface area contributed by atoms with Crippen LogP contribution in [0.5, 0.6) is 0 Å². The SMILES string of the molecule is CC(=O)N1C2CCCCC2N(C(=O)COC2CCCCC2)C[C@@H]1C. The van der Waals surface area contributed by atoms with E-state index in [0.29, 0.717) is 6.54 Å². The van der Waals surface area contributed by atoms with E-state index in [2.05, 4.69) is 6.92 Å². The van der Waals surface area contributed by atoms with Crippen molar-refractivity contribution in [3.63, 3.8) is 0 Å². The molecular weight excluding hydrogens is 304 g/mol. The number of amides is 2. The van der Waals surface area contributed by atoms with Crippen LogP contribution in [-0.4, -0.2) is 59.0 Å². The molecule has 3 atom stereocenters. The molecular formula is C19H32N2O3. The summed E-state index contributed by atoms with van der Waals surface area (Å²) in [6, 6.07) is 0.473. The smallest absolute Gasteiger partial charge is 0.248 e. The lowest BCUT2D eigenvalue weighted by Gasteiger charge is -2.52. The largest absolute Gasteiger partial charge is 0.368 e. The molecule has 2 unspecified atom stereocenters. The molecule has 2 aliphatic carbocycles. The lowest BCUT2D eigenvalue weighted by molar-refractivity contribution is -0.157. The van der Waals surface area contributed by atoms with Gasteiger partial charge in [-0.1, -0.05) is 32.1 Å². The molecule has 1 aliphatic heterocycles. The Labute approximate surface area is 145 Å². The van der Waals surface area contributed by atoms with Crippen LogP contribution in [-0.2, 0) is 14.3 Å². The van der Waals surface area contributed by atoms with Gasteiger partial charge in [0.15, 0.2) is 0 Å². The van der Waals surface area contributed by atoms with Crippen molar-refractivity contribution in [3.05, 3.63) is 0 Å². The molecule has 3 aliphatic rings. The third kappa shape index (κ3) is 3.76. The average Bonchev–Trinajstić information content (AvgIpc) is 2.59. The summed E-state index contributed by atoms with van der Waals surface area (Å²) in [5.41, 5.74) is 0. The van der Waals surface area contributed by atoms with Crippen molar-refractivity contribution < 1.29 is 14.3 Å². The van der Waals surface area contributed by atoms with Crippen molar-refractivity contribution in [3.8, 4) is 0 Å². The van der Waals surface area contributed by atoms with Gasteiger partial charge in [0.1, 0.15) is 6.61 Å². The predicted molar refractivity (Wildman–Crippen MR) is 92.6 cm³/mol. The first-order chi connectivity index (χ1) is 11.6. The summed E-state index contributed by atoms with van der Waals surface area (Å²) >= 11 is 0. The highest BCUT2D eigenvalue weighted by atomic mass is 16.5. The average molecular weight is 336 g/mol. The summed E-state index contributed by atoms with van der Waals surface area (Å²) < 4.78 is 5.92. The molecule has 2 amide bonds. The molecule has 3 fully saturated rings. The molecule has 1 heterocycles. The third-order valence-corrected chi connectivity index (χ3v) is 6.07. The molecule has 5 nitrogen and oxygen atoms in total. The standard InChI is InChI=1S/C19H32N2O3/c1-14-12-20(19(23)13-24-16-8-4-3-5-9-16)17-10-6-7-11-18(17)21(14)15(2)22/h14,16-18H,3-13H2,1-2H3/t14-,17?,18?/m0/s1. The Morgan fingerprint density at radius 3 is 2.25 bits per heavy atom. The van der Waals surface area contributed by atoms with Gasteiger partial charge in [0.2, 0.25) is 11.8 Å². The summed E-state index contributed by atoms with van der Waals surface area (Å²) in [5, 5.41) is 0. The lowest BCUT2D eigenvalue weighted by atomic mass is 9.84. The second-order valence-electron chi connectivity index (χ2n) is 7.81. The molecule has 136 valence electrons. The molecule has 0 bridgehead atoms. The quantitative estimate of drug-likeness (QED) is 0.796. The van der Waals surface area contributed by atoms with Crippen LogP contribution in [0.25, 0.3) is 0 Å². The molecule has 3 rings (SSSR count). The Hall–Kier alpha value is -1.10. The van der Waals surface area contributed by atoms with Gasteiger partial charge in [-0.2, -0.15) is 0 Å². The maximum Gasteiger partial charge on any atom is 0.248 e. The first kappa shape index (κ1) is 17.7. The Kier molecular flexibility index (Phi) is 5.80. The van der Waals surface area contributed by atoms with Crippen molar-refractivity contribution >= 4 is 11.8 Å². The van der Waals surface area contributed by atoms with Gasteiger partial charge in [0, 0.05) is 19.5 Å². The second kappa shape index (κ2) is 7.85. The number of nitrogens with zero attached hydrogens (tertiary/aromatic N) is 2. The van der Waals surface area contributed by atoms with Crippen LogP contribution in [0, 0.1) is 0 Å². The first-order valence-corrected chi connectivity index (χ1v) is 9.78. The van der Waals surface area contributed by atoms with Crippen LogP contribution in [0.15, 0.2) is 0 Å². The van der Waals surface area contributed by atoms with Crippen molar-refractivity contribution in [2.24, 2.45) is 0 Å². The Morgan fingerprint density at radius 2 is 1.58 bits per heavy atom. The van der Waals surface area contributed by atoms with E-state index in [1.165, 1.54) is 19.3 Å². The highest BCUT2D eigenvalue weighted by Gasteiger charge is 2.44. The van der Waals surface area contributed by atoms with E-state index in [-0.39, 0.29) is 42.7 Å². The topological polar surface area (TPSA) is 49.9 Å². The molecule has 1 saturated heterocycles. The van der Waals surface area contributed by atoms with Gasteiger partial charge >= 0.3 is 0 Å². The van der Waals surface area contributed by atoms with E-state index in [1.54, 1.807) is 6.92 Å². The van der Waals surface area contributed by atoms with Crippen LogP contribution in [0.1, 0.15) is 71.6 Å². The fourth-order valence-electron chi connectivity index (χ4n) is 4.95. The van der Waals surface area contributed by atoms with E-state index in [0.717, 1.165) is 38.5 Å². The third-order valence-electron chi connectivity index (χ3n) is 6.07.